The fraction of sp³-hybridized carbons (Fsp3) is 0.0667. The molecule has 0 unspecified atom stereocenters. The quantitative estimate of drug-likeness (QED) is 0.546. The van der Waals surface area contributed by atoms with E-state index in [1.54, 1.807) is 17.6 Å². The number of hydrogen-bond donors (Lipinski definition) is 1. The summed E-state index contributed by atoms with van der Waals surface area (Å²) in [7, 11) is 0. The molecule has 24 heavy (non-hydrogen) atoms. The summed E-state index contributed by atoms with van der Waals surface area (Å²) in [4.78, 5) is 20.5. The molecule has 0 atom stereocenters. The number of hydrogen-bond acceptors (Lipinski definition) is 7. The predicted octanol–water partition coefficient (Wildman–Crippen LogP) is 3.93. The van der Waals surface area contributed by atoms with Crippen LogP contribution in [0.5, 0.6) is 0 Å². The van der Waals surface area contributed by atoms with Crippen molar-refractivity contribution in [3.63, 3.8) is 0 Å². The molecule has 0 radical (unpaired) electrons. The maximum atomic E-state index is 13.1. The van der Waals surface area contributed by atoms with Gasteiger partial charge in [-0.25, -0.2) is 9.37 Å². The minimum absolute atomic E-state index is 0.161. The molecule has 0 saturated carbocycles. The Morgan fingerprint density at radius 2 is 2.08 bits per heavy atom. The van der Waals surface area contributed by atoms with E-state index >= 15 is 0 Å². The maximum Gasteiger partial charge on any atom is 0.268 e. The van der Waals surface area contributed by atoms with Gasteiger partial charge in [0.15, 0.2) is 4.34 Å². The lowest BCUT2D eigenvalue weighted by atomic mass is 10.2. The van der Waals surface area contributed by atoms with E-state index in [0.29, 0.717) is 21.8 Å². The highest BCUT2D eigenvalue weighted by Gasteiger charge is 2.11. The van der Waals surface area contributed by atoms with Gasteiger partial charge in [0, 0.05) is 4.88 Å². The van der Waals surface area contributed by atoms with Crippen molar-refractivity contribution >= 4 is 44.7 Å². The van der Waals surface area contributed by atoms with Gasteiger partial charge in [0.2, 0.25) is 0 Å². The summed E-state index contributed by atoms with van der Waals surface area (Å²) >= 11 is 4.27. The van der Waals surface area contributed by atoms with E-state index in [-0.39, 0.29) is 11.4 Å². The van der Waals surface area contributed by atoms with Crippen molar-refractivity contribution in [2.75, 3.05) is 0 Å². The van der Waals surface area contributed by atoms with Crippen molar-refractivity contribution < 1.29 is 4.39 Å². The van der Waals surface area contributed by atoms with E-state index in [0.717, 1.165) is 14.8 Å². The van der Waals surface area contributed by atoms with E-state index in [4.69, 9.17) is 0 Å². The average molecular weight is 376 g/mol. The zero-order chi connectivity index (χ0) is 16.5. The zero-order valence-electron chi connectivity index (χ0n) is 12.0. The van der Waals surface area contributed by atoms with Gasteiger partial charge in [-0.05, 0) is 23.8 Å². The predicted molar refractivity (Wildman–Crippen MR) is 95.1 cm³/mol. The van der Waals surface area contributed by atoms with Gasteiger partial charge >= 0.3 is 0 Å². The summed E-state index contributed by atoms with van der Waals surface area (Å²) in [5, 5.41) is 7.73. The smallest absolute Gasteiger partial charge is 0.268 e. The molecule has 120 valence electrons. The third kappa shape index (κ3) is 3.10. The van der Waals surface area contributed by atoms with Crippen LogP contribution in [-0.4, -0.2) is 20.2 Å². The first kappa shape index (κ1) is 15.4. The molecule has 0 aliphatic rings. The Labute approximate surface area is 147 Å². The van der Waals surface area contributed by atoms with Gasteiger partial charge in [0.05, 0.1) is 11.3 Å². The molecule has 0 saturated heterocycles. The van der Waals surface area contributed by atoms with Gasteiger partial charge in [-0.2, -0.15) is 0 Å². The van der Waals surface area contributed by atoms with E-state index in [1.807, 2.05) is 6.07 Å². The van der Waals surface area contributed by atoms with Crippen LogP contribution in [0.15, 0.2) is 45.0 Å². The molecule has 3 aromatic heterocycles. The van der Waals surface area contributed by atoms with Crippen LogP contribution in [-0.2, 0) is 5.75 Å². The molecule has 9 heteroatoms. The van der Waals surface area contributed by atoms with Gasteiger partial charge in [-0.15, -0.1) is 21.5 Å². The minimum Gasteiger partial charge on any atom is -0.309 e. The number of halogens is 1. The maximum absolute atomic E-state index is 13.1. The van der Waals surface area contributed by atoms with Crippen LogP contribution >= 0.6 is 34.4 Å². The highest BCUT2D eigenvalue weighted by Crippen LogP contribution is 2.31. The van der Waals surface area contributed by atoms with Crippen LogP contribution in [0.1, 0.15) is 5.82 Å². The fourth-order valence-electron chi connectivity index (χ4n) is 2.17. The Kier molecular flexibility index (Phi) is 4.13. The van der Waals surface area contributed by atoms with Crippen LogP contribution in [0.2, 0.25) is 0 Å². The summed E-state index contributed by atoms with van der Waals surface area (Å²) < 4.78 is 14.4. The fourth-order valence-corrected chi connectivity index (χ4v) is 4.52. The zero-order valence-corrected chi connectivity index (χ0v) is 14.5. The number of benzene rings is 1. The molecule has 0 fully saturated rings. The van der Waals surface area contributed by atoms with E-state index in [1.165, 1.54) is 46.6 Å². The van der Waals surface area contributed by atoms with Crippen molar-refractivity contribution in [3.8, 4) is 10.4 Å². The lowest BCUT2D eigenvalue weighted by Crippen LogP contribution is -2.09. The summed E-state index contributed by atoms with van der Waals surface area (Å²) in [5.41, 5.74) is 3.01. The molecular formula is C15H9FN4OS3. The second kappa shape index (κ2) is 6.42. The summed E-state index contributed by atoms with van der Waals surface area (Å²) in [6, 6.07) is 8.06. The number of aromatic amines is 1. The Morgan fingerprint density at radius 1 is 1.25 bits per heavy atom. The second-order valence-corrected chi connectivity index (χ2v) is 7.95. The van der Waals surface area contributed by atoms with Crippen LogP contribution < -0.4 is 5.56 Å². The molecule has 0 bridgehead atoms. The van der Waals surface area contributed by atoms with Crippen molar-refractivity contribution in [2.45, 2.75) is 10.1 Å². The summed E-state index contributed by atoms with van der Waals surface area (Å²) in [6.07, 6.45) is 0. The first-order valence-corrected chi connectivity index (χ1v) is 9.55. The highest BCUT2D eigenvalue weighted by atomic mass is 32.2. The van der Waals surface area contributed by atoms with E-state index in [9.17, 15) is 9.18 Å². The first-order chi connectivity index (χ1) is 11.7. The Hall–Kier alpha value is -2.10. The second-order valence-electron chi connectivity index (χ2n) is 4.84. The van der Waals surface area contributed by atoms with Gasteiger partial charge in [0.1, 0.15) is 21.9 Å². The molecule has 1 N–H and O–H groups in total. The van der Waals surface area contributed by atoms with Gasteiger partial charge in [0.25, 0.3) is 5.56 Å². The van der Waals surface area contributed by atoms with Crippen LogP contribution in [0.3, 0.4) is 0 Å². The molecule has 0 spiro atoms. The third-order valence-electron chi connectivity index (χ3n) is 3.23. The topological polar surface area (TPSA) is 71.5 Å². The first-order valence-electron chi connectivity index (χ1n) is 6.87. The van der Waals surface area contributed by atoms with Crippen LogP contribution in [0, 0.1) is 5.82 Å². The monoisotopic (exact) mass is 376 g/mol. The molecule has 0 aliphatic heterocycles. The molecule has 4 aromatic rings. The van der Waals surface area contributed by atoms with Crippen LogP contribution in [0.25, 0.3) is 20.7 Å². The van der Waals surface area contributed by atoms with E-state index in [2.05, 4.69) is 20.2 Å². The van der Waals surface area contributed by atoms with Crippen molar-refractivity contribution in [2.24, 2.45) is 0 Å². The molecule has 0 aliphatic carbocycles. The number of rotatable bonds is 4. The lowest BCUT2D eigenvalue weighted by Gasteiger charge is -1.98. The number of H-pyrrole nitrogens is 1. The van der Waals surface area contributed by atoms with Gasteiger partial charge in [-0.1, -0.05) is 35.2 Å². The number of thiophene rings is 1. The molecule has 1 aromatic carbocycles. The highest BCUT2D eigenvalue weighted by molar-refractivity contribution is 8.00. The van der Waals surface area contributed by atoms with Gasteiger partial charge in [-0.3, -0.25) is 4.79 Å². The molecule has 0 amide bonds. The number of fused-ring (bicyclic) bond motifs is 1. The molecular weight excluding hydrogens is 367 g/mol. The Balaban J connectivity index is 1.67. The minimum atomic E-state index is -0.285. The molecule has 4 rings (SSSR count). The van der Waals surface area contributed by atoms with Crippen molar-refractivity contribution in [1.29, 1.82) is 0 Å². The molecule has 5 nitrogen and oxygen atoms in total. The number of aromatic nitrogens is 4. The SMILES string of the molecule is O=c1[nH]c(CSc2nncs2)nc2cc(-c3ccc(F)cc3)sc12. The van der Waals surface area contributed by atoms with Crippen molar-refractivity contribution in [1.82, 2.24) is 20.2 Å². The number of nitrogens with zero attached hydrogens (tertiary/aromatic N) is 3. The largest absolute Gasteiger partial charge is 0.309 e. The third-order valence-corrected chi connectivity index (χ3v) is 6.28. The Bertz CT molecular complexity index is 1040. The Morgan fingerprint density at radius 3 is 2.83 bits per heavy atom. The number of nitrogens with one attached hydrogen (secondary N) is 1. The van der Waals surface area contributed by atoms with Crippen LogP contribution in [0.4, 0.5) is 4.39 Å². The standard InChI is InChI=1S/C15H9FN4OS3/c16-9-3-1-8(2-4-9)11-5-10-13(24-11)14(21)19-12(18-10)6-22-15-20-17-7-23-15/h1-5,7H,6H2,(H,18,19,21). The average Bonchev–Trinajstić information content (AvgIpc) is 3.23. The normalized spacial score (nSPS) is 11.2. The molecule has 3 heterocycles. The van der Waals surface area contributed by atoms with Crippen molar-refractivity contribution in [3.05, 3.63) is 57.8 Å². The number of thioether (sulfide) groups is 1. The van der Waals surface area contributed by atoms with Gasteiger partial charge < -0.3 is 4.98 Å². The summed E-state index contributed by atoms with van der Waals surface area (Å²) in [5.74, 6) is 0.824. The summed E-state index contributed by atoms with van der Waals surface area (Å²) in [6.45, 7) is 0. The van der Waals surface area contributed by atoms with E-state index < -0.39 is 0 Å². The lowest BCUT2D eigenvalue weighted by molar-refractivity contribution is 0.628.